The van der Waals surface area contributed by atoms with Crippen molar-refractivity contribution in [3.63, 3.8) is 0 Å². The quantitative estimate of drug-likeness (QED) is 0.0249. The Morgan fingerprint density at radius 3 is 1.21 bits per heavy atom. The van der Waals surface area contributed by atoms with E-state index in [1.165, 1.54) is 55.9 Å². The Kier molecular flexibility index (Phi) is 29.3. The molecular weight excluding hydrogens is 1310 g/mol. The van der Waals surface area contributed by atoms with E-state index in [0.717, 1.165) is 72.8 Å². The third-order valence-electron chi connectivity index (χ3n) is 18.9. The van der Waals surface area contributed by atoms with Crippen LogP contribution in [-0.4, -0.2) is 117 Å². The van der Waals surface area contributed by atoms with Gasteiger partial charge in [0.25, 0.3) is 0 Å². The number of anilines is 6. The number of methoxy groups -OCH3 is 1. The van der Waals surface area contributed by atoms with Crippen LogP contribution in [0, 0.1) is 55.4 Å². The molecule has 0 amide bonds. The molecule has 0 radical (unpaired) electrons. The van der Waals surface area contributed by atoms with Gasteiger partial charge in [-0.05, 0) is 219 Å². The van der Waals surface area contributed by atoms with Gasteiger partial charge >= 0.3 is 5.97 Å². The number of Topliss-reactive ketones (excluding diaryl/α,β-unsaturated/α-hetero) is 1. The van der Waals surface area contributed by atoms with Gasteiger partial charge in [0, 0.05) is 35.4 Å². The van der Waals surface area contributed by atoms with Gasteiger partial charge in [0.15, 0.2) is 5.78 Å². The number of ether oxygens (including phenoxy) is 8. The minimum Gasteiger partial charge on any atom is -0.490 e. The number of esters is 1. The number of aryl methyl sites for hydroxylation is 8. The zero-order chi connectivity index (χ0) is 76.2. The normalized spacial score (nSPS) is 12.1. The van der Waals surface area contributed by atoms with Gasteiger partial charge in [0.2, 0.25) is 0 Å². The molecule has 1 N–H and O–H groups in total. The lowest BCUT2D eigenvalue weighted by atomic mass is 9.66. The molecule has 105 heavy (non-hydrogen) atoms. The summed E-state index contributed by atoms with van der Waals surface area (Å²) in [5, 5.41) is 8.85. The molecule has 0 atom stereocenters. The molecule has 0 heterocycles. The molecule has 14 heteroatoms. The maximum Gasteiger partial charge on any atom is 0.341 e. The summed E-state index contributed by atoms with van der Waals surface area (Å²) < 4.78 is 44.7. The van der Waals surface area contributed by atoms with Crippen LogP contribution in [0.5, 0.6) is 5.75 Å². The highest BCUT2D eigenvalue weighted by molar-refractivity contribution is 5.97. The van der Waals surface area contributed by atoms with Crippen LogP contribution in [0.4, 0.5) is 34.1 Å². The molecule has 0 saturated heterocycles. The summed E-state index contributed by atoms with van der Waals surface area (Å²) in [5.74, 6) is -0.199. The zero-order valence-corrected chi connectivity index (χ0v) is 65.1. The summed E-state index contributed by atoms with van der Waals surface area (Å²) in [6.07, 6.45) is 0. The highest BCUT2D eigenvalue weighted by Gasteiger charge is 2.47. The Balaban J connectivity index is 0.000000265. The summed E-state index contributed by atoms with van der Waals surface area (Å²) in [6.45, 7) is 41.0. The molecule has 0 aromatic heterocycles. The van der Waals surface area contributed by atoms with Crippen molar-refractivity contribution in [1.29, 1.82) is 0 Å². The standard InChI is InChI=1S/C46H56O11.C44H52N2.CH2O/c1-6-56-45(49)41-30-37(11-14-44(41)57-26-25-54-22-21-52-18-17-50-5)46(42-27-32(2)7-12-38(42)39-13-8-33(3)28-43(39)46)36-10-9-35(40(29-36)34(4)48)31-55-24-23-53-20-19-51-16-15-47;1-29-13-17-37(18-14-29)45(41-31(3)25-35(26-32(41)4)43(7,8)9)39-21-23-40(24-22-39)46(38-19-15-30(2)16-20-38)42-33(5)27-36(28-34(42)6)44(10,11)12;1-2/h7-14,27-30,47H,6,15-26,31H2,1-5H3;13-28H,1-12H3;1H2. The first-order valence-electron chi connectivity index (χ1n) is 36.5. The van der Waals surface area contributed by atoms with E-state index in [1.807, 2.05) is 37.1 Å². The Labute approximate surface area is 624 Å². The number of ketones is 1. The van der Waals surface area contributed by atoms with E-state index in [4.69, 9.17) is 47.8 Å². The van der Waals surface area contributed by atoms with E-state index in [1.54, 1.807) is 21.0 Å². The predicted molar refractivity (Wildman–Crippen MR) is 425 cm³/mol. The SMILES string of the molecule is C=O.CCOC(=O)c1cc(C2(c3ccc(COCCOCCOCCO)c(C(C)=O)c3)c3cc(C)ccc3-c3ccc(C)cc32)ccc1OCCOCCOCCOC.Cc1ccc(N(c2ccc(N(c3ccc(C)cc3)c3c(C)cc(C(C)(C)C)cc3C)cc2)c2c(C)cc(C(C)(C)C)cc2C)cc1. The van der Waals surface area contributed by atoms with Crippen LogP contribution in [0.1, 0.15) is 160 Å². The molecule has 14 nitrogen and oxygen atoms in total. The molecule has 0 spiro atoms. The van der Waals surface area contributed by atoms with Crippen molar-refractivity contribution in [1.82, 2.24) is 0 Å². The van der Waals surface area contributed by atoms with Crippen LogP contribution in [0.25, 0.3) is 11.1 Å². The van der Waals surface area contributed by atoms with Gasteiger partial charge in [-0.25, -0.2) is 4.79 Å². The smallest absolute Gasteiger partial charge is 0.341 e. The van der Waals surface area contributed by atoms with Crippen LogP contribution >= 0.6 is 0 Å². The first-order chi connectivity index (χ1) is 50.3. The Morgan fingerprint density at radius 2 is 0.810 bits per heavy atom. The van der Waals surface area contributed by atoms with Crippen molar-refractivity contribution in [3.05, 3.63) is 264 Å². The molecule has 10 rings (SSSR count). The molecule has 0 aliphatic heterocycles. The Bertz CT molecular complexity index is 4120. The first-order valence-corrected chi connectivity index (χ1v) is 36.5. The molecule has 556 valence electrons. The largest absolute Gasteiger partial charge is 0.490 e. The monoisotopic (exact) mass is 1420 g/mol. The molecule has 9 aromatic carbocycles. The zero-order valence-electron chi connectivity index (χ0n) is 65.1. The molecule has 1 aliphatic rings. The fourth-order valence-corrected chi connectivity index (χ4v) is 13.7. The van der Waals surface area contributed by atoms with Crippen LogP contribution in [0.15, 0.2) is 170 Å². The number of nitrogens with zero attached hydrogens (tertiary/aromatic N) is 2. The highest BCUT2D eigenvalue weighted by Crippen LogP contribution is 2.57. The number of benzene rings is 9. The number of aliphatic hydroxyl groups excluding tert-OH is 1. The number of hydrogen-bond acceptors (Lipinski definition) is 14. The topological polar surface area (TPSA) is 152 Å². The third kappa shape index (κ3) is 20.1. The number of hydrogen-bond donors (Lipinski definition) is 1. The maximum absolute atomic E-state index is 13.7. The number of fused-ring (bicyclic) bond motifs is 3. The fourth-order valence-electron chi connectivity index (χ4n) is 13.7. The van der Waals surface area contributed by atoms with Gasteiger partial charge in [-0.3, -0.25) is 4.79 Å². The summed E-state index contributed by atoms with van der Waals surface area (Å²) in [7, 11) is 1.63. The minimum atomic E-state index is -0.913. The van der Waals surface area contributed by atoms with Gasteiger partial charge < -0.3 is 57.6 Å². The van der Waals surface area contributed by atoms with Crippen molar-refractivity contribution < 1.29 is 57.4 Å². The Morgan fingerprint density at radius 1 is 0.438 bits per heavy atom. The van der Waals surface area contributed by atoms with Gasteiger partial charge in [-0.15, -0.1) is 0 Å². The minimum absolute atomic E-state index is 0.0279. The van der Waals surface area contributed by atoms with Crippen molar-refractivity contribution >= 4 is 52.7 Å². The summed E-state index contributed by atoms with van der Waals surface area (Å²) in [6, 6.07) is 61.0. The lowest BCUT2D eigenvalue weighted by Gasteiger charge is -2.35. The summed E-state index contributed by atoms with van der Waals surface area (Å²) in [5.41, 5.74) is 26.4. The second kappa shape index (κ2) is 37.7. The molecule has 0 fully saturated rings. The van der Waals surface area contributed by atoms with Crippen molar-refractivity contribution in [2.24, 2.45) is 0 Å². The van der Waals surface area contributed by atoms with Crippen molar-refractivity contribution in [3.8, 4) is 16.9 Å². The van der Waals surface area contributed by atoms with Crippen molar-refractivity contribution in [2.45, 2.75) is 134 Å². The second-order valence-electron chi connectivity index (χ2n) is 29.1. The van der Waals surface area contributed by atoms with E-state index >= 15 is 0 Å². The molecule has 0 bridgehead atoms. The second-order valence-corrected chi connectivity index (χ2v) is 29.1. The number of aliphatic hydroxyl groups is 1. The van der Waals surface area contributed by atoms with Gasteiger partial charge in [-0.2, -0.15) is 0 Å². The third-order valence-corrected chi connectivity index (χ3v) is 18.9. The number of carbonyl (C=O) groups is 3. The number of rotatable bonds is 31. The average molecular weight is 1420 g/mol. The highest BCUT2D eigenvalue weighted by atomic mass is 16.6. The van der Waals surface area contributed by atoms with Crippen LogP contribution in [-0.2, 0) is 60.8 Å². The van der Waals surface area contributed by atoms with E-state index in [-0.39, 0.29) is 49.6 Å². The van der Waals surface area contributed by atoms with Crippen LogP contribution < -0.4 is 14.5 Å². The number of carbonyl (C=O) groups excluding carboxylic acids is 3. The van der Waals surface area contributed by atoms with E-state index in [9.17, 15) is 9.59 Å². The van der Waals surface area contributed by atoms with Crippen LogP contribution in [0.2, 0.25) is 0 Å². The average Bonchev–Trinajstić information content (AvgIpc) is 1.54. The maximum atomic E-state index is 13.7. The van der Waals surface area contributed by atoms with Crippen LogP contribution in [0.3, 0.4) is 0 Å². The van der Waals surface area contributed by atoms with Gasteiger partial charge in [-0.1, -0.05) is 167 Å². The molecule has 1 aliphatic carbocycles. The van der Waals surface area contributed by atoms with E-state index < -0.39 is 11.4 Å². The van der Waals surface area contributed by atoms with E-state index in [2.05, 4.69) is 246 Å². The fraction of sp³-hybridized carbons (Fsp3) is 0.374. The molecule has 0 unspecified atom stereocenters. The molecule has 0 saturated carbocycles. The Hall–Kier alpha value is -9.09. The van der Waals surface area contributed by atoms with Gasteiger partial charge in [0.05, 0.1) is 103 Å². The molecule has 9 aromatic rings. The molecular formula is C91H110N2O12. The first kappa shape index (κ1) is 81.6. The summed E-state index contributed by atoms with van der Waals surface area (Å²) >= 11 is 0. The van der Waals surface area contributed by atoms with Crippen molar-refractivity contribution in [2.75, 3.05) is 103 Å². The van der Waals surface area contributed by atoms with Gasteiger partial charge in [0.1, 0.15) is 24.7 Å². The summed E-state index contributed by atoms with van der Waals surface area (Å²) in [4.78, 5) is 40.0. The lowest BCUT2D eigenvalue weighted by molar-refractivity contribution is -0.0980. The predicted octanol–water partition coefficient (Wildman–Crippen LogP) is 19.5. The van der Waals surface area contributed by atoms with E-state index in [0.29, 0.717) is 76.3 Å². The lowest BCUT2D eigenvalue weighted by Crippen LogP contribution is -2.30.